The number of hydrogen-bond acceptors (Lipinski definition) is 5. The predicted molar refractivity (Wildman–Crippen MR) is 55.4 cm³/mol. The zero-order valence-corrected chi connectivity index (χ0v) is 9.76. The van der Waals surface area contributed by atoms with Crippen molar-refractivity contribution in [2.45, 2.75) is 33.4 Å². The van der Waals surface area contributed by atoms with Crippen LogP contribution in [-0.2, 0) is 24.0 Å². The minimum Gasteiger partial charge on any atom is -0.478 e. The van der Waals surface area contributed by atoms with Crippen molar-refractivity contribution in [1.82, 2.24) is 0 Å². The third-order valence-corrected chi connectivity index (χ3v) is 1.49. The van der Waals surface area contributed by atoms with E-state index in [0.29, 0.717) is 13.2 Å². The molecule has 1 N–H and O–H groups in total. The second-order valence-electron chi connectivity index (χ2n) is 2.93. The molecule has 0 aliphatic carbocycles. The van der Waals surface area contributed by atoms with Gasteiger partial charge in [0.1, 0.15) is 0 Å². The highest BCUT2D eigenvalue weighted by atomic mass is 17.3. The molecule has 0 saturated carbocycles. The third kappa shape index (κ3) is 5.82. The fourth-order valence-electron chi connectivity index (χ4n) is 0.688. The summed E-state index contributed by atoms with van der Waals surface area (Å²) in [7, 11) is 0. The van der Waals surface area contributed by atoms with Crippen LogP contribution in [0, 0.1) is 0 Å². The quantitative estimate of drug-likeness (QED) is 0.571. The van der Waals surface area contributed by atoms with Gasteiger partial charge in [-0.25, -0.2) is 4.79 Å². The van der Waals surface area contributed by atoms with Gasteiger partial charge in [0.05, 0.1) is 0 Å². The van der Waals surface area contributed by atoms with Gasteiger partial charge in [-0.3, -0.25) is 0 Å². The first-order chi connectivity index (χ1) is 7.52. The van der Waals surface area contributed by atoms with Crippen molar-refractivity contribution >= 4 is 5.97 Å². The summed E-state index contributed by atoms with van der Waals surface area (Å²) in [6, 6.07) is 0. The van der Waals surface area contributed by atoms with Gasteiger partial charge in [0, 0.05) is 18.8 Å². The van der Waals surface area contributed by atoms with Crippen molar-refractivity contribution in [2.75, 3.05) is 13.2 Å². The van der Waals surface area contributed by atoms with Crippen LogP contribution in [0.25, 0.3) is 0 Å². The molecule has 1 fully saturated rings. The molecule has 0 spiro atoms. The number of aliphatic carboxylic acids is 1. The van der Waals surface area contributed by atoms with Crippen LogP contribution in [0.15, 0.2) is 12.2 Å². The summed E-state index contributed by atoms with van der Waals surface area (Å²) in [6.45, 7) is 9.61. The first-order valence-corrected chi connectivity index (χ1v) is 4.97. The van der Waals surface area contributed by atoms with Crippen LogP contribution in [0.3, 0.4) is 0 Å². The largest absolute Gasteiger partial charge is 0.478 e. The van der Waals surface area contributed by atoms with E-state index in [2.05, 4.69) is 16.4 Å². The Kier molecular flexibility index (Phi) is 7.74. The van der Waals surface area contributed by atoms with Crippen LogP contribution < -0.4 is 0 Å². The predicted octanol–water partition coefficient (Wildman–Crippen LogP) is 1.32. The van der Waals surface area contributed by atoms with Gasteiger partial charge in [0.2, 0.25) is 12.6 Å². The molecule has 6 heteroatoms. The number of carbonyl (C=O) groups is 1. The Morgan fingerprint density at radius 3 is 1.69 bits per heavy atom. The van der Waals surface area contributed by atoms with Crippen LogP contribution in [0.4, 0.5) is 0 Å². The highest BCUT2D eigenvalue weighted by Gasteiger charge is 2.36. The molecule has 2 atom stereocenters. The number of carboxylic acid groups (broad SMARTS) is 1. The normalized spacial score (nSPS) is 22.7. The first kappa shape index (κ1) is 15.0. The second-order valence-corrected chi connectivity index (χ2v) is 2.93. The summed E-state index contributed by atoms with van der Waals surface area (Å²) >= 11 is 0. The summed E-state index contributed by atoms with van der Waals surface area (Å²) in [5.74, 6) is -0.935. The summed E-state index contributed by atoms with van der Waals surface area (Å²) < 4.78 is 10.1. The monoisotopic (exact) mass is 234 g/mol. The summed E-state index contributed by atoms with van der Waals surface area (Å²) in [4.78, 5) is 18.8. The summed E-state index contributed by atoms with van der Waals surface area (Å²) in [6.07, 6.45) is -0.658. The maximum atomic E-state index is 9.60. The van der Waals surface area contributed by atoms with E-state index in [0.717, 1.165) is 0 Å². The number of rotatable bonds is 5. The average Bonchev–Trinajstić information content (AvgIpc) is 2.21. The Morgan fingerprint density at radius 2 is 1.56 bits per heavy atom. The van der Waals surface area contributed by atoms with E-state index in [-0.39, 0.29) is 18.2 Å². The van der Waals surface area contributed by atoms with E-state index in [4.69, 9.17) is 14.6 Å². The van der Waals surface area contributed by atoms with E-state index < -0.39 is 5.97 Å². The van der Waals surface area contributed by atoms with Gasteiger partial charge in [-0.15, -0.1) is 0 Å². The van der Waals surface area contributed by atoms with Crippen molar-refractivity contribution in [3.05, 3.63) is 12.2 Å². The lowest BCUT2D eigenvalue weighted by Crippen LogP contribution is -2.46. The average molecular weight is 234 g/mol. The van der Waals surface area contributed by atoms with Gasteiger partial charge < -0.3 is 14.6 Å². The molecule has 0 radical (unpaired) electrons. The zero-order valence-electron chi connectivity index (χ0n) is 9.76. The fraction of sp³-hybridized carbons (Fsp3) is 0.700. The second kappa shape index (κ2) is 8.23. The van der Waals surface area contributed by atoms with E-state index in [1.54, 1.807) is 0 Å². The molecule has 0 aromatic heterocycles. The molecular formula is C10H18O6. The molecule has 2 unspecified atom stereocenters. The number of carboxylic acids is 1. The fourth-order valence-corrected chi connectivity index (χ4v) is 0.688. The van der Waals surface area contributed by atoms with Crippen molar-refractivity contribution < 1.29 is 29.1 Å². The van der Waals surface area contributed by atoms with Crippen LogP contribution in [-0.4, -0.2) is 36.9 Å². The van der Waals surface area contributed by atoms with Crippen LogP contribution in [0.1, 0.15) is 20.8 Å². The van der Waals surface area contributed by atoms with E-state index in [1.807, 2.05) is 13.8 Å². The van der Waals surface area contributed by atoms with Crippen LogP contribution >= 0.6 is 0 Å². The molecule has 0 bridgehead atoms. The van der Waals surface area contributed by atoms with E-state index in [9.17, 15) is 4.79 Å². The Morgan fingerprint density at radius 1 is 1.25 bits per heavy atom. The van der Waals surface area contributed by atoms with Crippen LogP contribution in [0.5, 0.6) is 0 Å². The van der Waals surface area contributed by atoms with Crippen molar-refractivity contribution in [3.63, 3.8) is 0 Å². The molecule has 0 amide bonds. The minimum absolute atomic E-state index is 0.176. The molecule has 1 rings (SSSR count). The van der Waals surface area contributed by atoms with E-state index >= 15 is 0 Å². The molecule has 94 valence electrons. The van der Waals surface area contributed by atoms with Crippen LogP contribution in [0.2, 0.25) is 0 Å². The van der Waals surface area contributed by atoms with Crippen molar-refractivity contribution in [2.24, 2.45) is 0 Å². The molecule has 6 nitrogen and oxygen atoms in total. The molecular weight excluding hydrogens is 216 g/mol. The Balaban J connectivity index is 0.000000325. The topological polar surface area (TPSA) is 74.2 Å². The molecule has 1 heterocycles. The van der Waals surface area contributed by atoms with Crippen molar-refractivity contribution in [3.8, 4) is 0 Å². The lowest BCUT2D eigenvalue weighted by atomic mass is 10.4. The molecule has 0 aromatic rings. The van der Waals surface area contributed by atoms with Gasteiger partial charge in [-0.2, -0.15) is 9.78 Å². The van der Waals surface area contributed by atoms with E-state index in [1.165, 1.54) is 6.92 Å². The Hall–Kier alpha value is -0.950. The van der Waals surface area contributed by atoms with Gasteiger partial charge in [-0.1, -0.05) is 6.58 Å². The molecule has 1 saturated heterocycles. The van der Waals surface area contributed by atoms with Crippen molar-refractivity contribution in [1.29, 1.82) is 0 Å². The minimum atomic E-state index is -0.935. The van der Waals surface area contributed by atoms with Gasteiger partial charge in [0.15, 0.2) is 0 Å². The Labute approximate surface area is 94.7 Å². The maximum Gasteiger partial charge on any atom is 0.330 e. The van der Waals surface area contributed by atoms with Gasteiger partial charge >= 0.3 is 5.97 Å². The lowest BCUT2D eigenvalue weighted by molar-refractivity contribution is -0.565. The number of hydrogen-bond donors (Lipinski definition) is 1. The van der Waals surface area contributed by atoms with Gasteiger partial charge in [0.25, 0.3) is 0 Å². The Bertz CT molecular complexity index is 203. The summed E-state index contributed by atoms with van der Waals surface area (Å²) in [5.41, 5.74) is 0.176. The van der Waals surface area contributed by atoms with Gasteiger partial charge in [-0.05, 0) is 20.8 Å². The standard InChI is InChI=1S/C6H12O4.C4H6O2/c1-3-7-5-6(8-4-2)10-9-5;1-3(2)4(5)6/h5-6H,3-4H2,1-2H3;1H2,2H3,(H,5,6). The maximum absolute atomic E-state index is 9.60. The lowest BCUT2D eigenvalue weighted by Gasteiger charge is -2.32. The number of ether oxygens (including phenoxy) is 2. The smallest absolute Gasteiger partial charge is 0.330 e. The highest BCUT2D eigenvalue weighted by Crippen LogP contribution is 2.18. The molecule has 1 aliphatic heterocycles. The molecule has 1 aliphatic rings. The third-order valence-electron chi connectivity index (χ3n) is 1.49. The summed E-state index contributed by atoms with van der Waals surface area (Å²) in [5, 5.41) is 7.89. The first-order valence-electron chi connectivity index (χ1n) is 4.97. The molecule has 16 heavy (non-hydrogen) atoms. The SMILES string of the molecule is C=C(C)C(=O)O.CCOC1OOC1OCC. The zero-order chi connectivity index (χ0) is 12.6. The highest BCUT2D eigenvalue weighted by molar-refractivity contribution is 5.84. The molecule has 0 aromatic carbocycles.